The van der Waals surface area contributed by atoms with Crippen LogP contribution in [0.3, 0.4) is 0 Å². The maximum Gasteiger partial charge on any atom is 0.177 e. The zero-order valence-electron chi connectivity index (χ0n) is 13.3. The summed E-state index contributed by atoms with van der Waals surface area (Å²) in [6.45, 7) is 0. The van der Waals surface area contributed by atoms with Gasteiger partial charge in [0.25, 0.3) is 0 Å². The molecule has 2 heterocycles. The van der Waals surface area contributed by atoms with Crippen molar-refractivity contribution in [2.75, 3.05) is 0 Å². The molecule has 0 spiro atoms. The van der Waals surface area contributed by atoms with Crippen molar-refractivity contribution in [2.24, 2.45) is 9.98 Å². The van der Waals surface area contributed by atoms with E-state index in [1.807, 2.05) is 72.8 Å². The van der Waals surface area contributed by atoms with E-state index in [1.54, 1.807) is 0 Å². The summed E-state index contributed by atoms with van der Waals surface area (Å²) < 4.78 is 0. The third kappa shape index (κ3) is 2.47. The van der Waals surface area contributed by atoms with E-state index < -0.39 is 0 Å². The molecule has 3 aliphatic rings. The molecule has 2 aliphatic heterocycles. The highest BCUT2D eigenvalue weighted by molar-refractivity contribution is 6.45. The number of aliphatic imine (C=N–C) groups is 2. The molecular weight excluding hydrogens is 308 g/mol. The van der Waals surface area contributed by atoms with Crippen molar-refractivity contribution in [2.45, 2.75) is 6.42 Å². The van der Waals surface area contributed by atoms with Crippen LogP contribution in [0.2, 0.25) is 0 Å². The monoisotopic (exact) mass is 320 g/mol. The first-order valence-electron chi connectivity index (χ1n) is 7.87. The average Bonchev–Trinajstić information content (AvgIpc) is 2.95. The van der Waals surface area contributed by atoms with Gasteiger partial charge in [-0.1, -0.05) is 60.7 Å². The lowest BCUT2D eigenvalue weighted by molar-refractivity contribution is 1.28. The Morgan fingerprint density at radius 2 is 1.16 bits per heavy atom. The summed E-state index contributed by atoms with van der Waals surface area (Å²) >= 11 is 0. The zero-order chi connectivity index (χ0) is 17.2. The second kappa shape index (κ2) is 6.03. The van der Waals surface area contributed by atoms with Gasteiger partial charge in [0, 0.05) is 12.0 Å². The van der Waals surface area contributed by atoms with Crippen molar-refractivity contribution in [1.29, 1.82) is 10.5 Å². The minimum atomic E-state index is 0.0861. The van der Waals surface area contributed by atoms with E-state index in [-0.39, 0.29) is 11.4 Å². The molecule has 0 radical (unpaired) electrons. The quantitative estimate of drug-likeness (QED) is 0.837. The van der Waals surface area contributed by atoms with Crippen molar-refractivity contribution in [3.05, 3.63) is 88.8 Å². The minimum Gasteiger partial charge on any atom is -0.238 e. The fourth-order valence-corrected chi connectivity index (χ4v) is 3.07. The molecule has 2 aromatic rings. The zero-order valence-corrected chi connectivity index (χ0v) is 13.3. The van der Waals surface area contributed by atoms with Gasteiger partial charge < -0.3 is 0 Å². The first-order chi connectivity index (χ1) is 12.3. The summed E-state index contributed by atoms with van der Waals surface area (Å²) in [7, 11) is 0. The molecular formula is C21H12N4. The average molecular weight is 320 g/mol. The van der Waals surface area contributed by atoms with E-state index in [2.05, 4.69) is 9.98 Å². The van der Waals surface area contributed by atoms with Crippen LogP contribution >= 0.6 is 0 Å². The minimum absolute atomic E-state index is 0.0861. The number of benzene rings is 2. The van der Waals surface area contributed by atoms with Gasteiger partial charge in [-0.25, -0.2) is 9.98 Å². The molecule has 4 heteroatoms. The van der Waals surface area contributed by atoms with Gasteiger partial charge in [-0.05, 0) is 16.7 Å². The molecule has 0 aromatic heterocycles. The first kappa shape index (κ1) is 14.8. The van der Waals surface area contributed by atoms with Gasteiger partial charge in [0.05, 0.1) is 11.4 Å². The van der Waals surface area contributed by atoms with Gasteiger partial charge in [0.15, 0.2) is 11.4 Å². The van der Waals surface area contributed by atoms with Crippen LogP contribution in [0.5, 0.6) is 0 Å². The molecule has 2 aromatic carbocycles. The molecule has 1 aliphatic carbocycles. The van der Waals surface area contributed by atoms with E-state index >= 15 is 0 Å². The molecule has 116 valence electrons. The molecule has 0 unspecified atom stereocenters. The largest absolute Gasteiger partial charge is 0.238 e. The predicted octanol–water partition coefficient (Wildman–Crippen LogP) is 4.05. The Labute approximate surface area is 145 Å². The van der Waals surface area contributed by atoms with E-state index in [4.69, 9.17) is 0 Å². The molecule has 0 atom stereocenters. The molecule has 0 N–H and O–H groups in total. The van der Waals surface area contributed by atoms with Crippen molar-refractivity contribution >= 4 is 17.0 Å². The maximum atomic E-state index is 9.26. The lowest BCUT2D eigenvalue weighted by Crippen LogP contribution is -2.29. The summed E-state index contributed by atoms with van der Waals surface area (Å²) in [6.07, 6.45) is 0.578. The number of hydrogen-bond donors (Lipinski definition) is 0. The smallest absolute Gasteiger partial charge is 0.177 e. The molecule has 4 nitrogen and oxygen atoms in total. The summed E-state index contributed by atoms with van der Waals surface area (Å²) in [4.78, 5) is 8.81. The number of allylic oxidation sites excluding steroid dienone is 3. The second-order valence-electron chi connectivity index (χ2n) is 5.70. The third-order valence-corrected chi connectivity index (χ3v) is 4.22. The normalized spacial score (nSPS) is 15.2. The van der Waals surface area contributed by atoms with Crippen LogP contribution < -0.4 is 0 Å². The van der Waals surface area contributed by atoms with Crippen molar-refractivity contribution in [3.8, 4) is 12.1 Å². The maximum absolute atomic E-state index is 9.26. The summed E-state index contributed by atoms with van der Waals surface area (Å²) in [5.41, 5.74) is 5.86. The van der Waals surface area contributed by atoms with Gasteiger partial charge in [0.1, 0.15) is 12.1 Å². The topological polar surface area (TPSA) is 72.3 Å². The Hall–Kier alpha value is -3.76. The Balaban J connectivity index is 2.00. The van der Waals surface area contributed by atoms with E-state index in [1.165, 1.54) is 0 Å². The Kier molecular flexibility index (Phi) is 3.57. The van der Waals surface area contributed by atoms with E-state index in [0.717, 1.165) is 33.7 Å². The standard InChI is InChI=1S/C21H12N4/c22-12-18-19(13-23)25-17-11-16(24-18)21(17)20(14-7-3-1-4-8-14)15-9-5-2-6-10-15/h1-10H,11H2. The van der Waals surface area contributed by atoms with Crippen LogP contribution in [0, 0.1) is 22.7 Å². The van der Waals surface area contributed by atoms with Gasteiger partial charge >= 0.3 is 0 Å². The molecule has 2 bridgehead atoms. The fourth-order valence-electron chi connectivity index (χ4n) is 3.07. The number of nitrogens with zero attached hydrogens (tertiary/aromatic N) is 4. The molecule has 1 fully saturated rings. The van der Waals surface area contributed by atoms with E-state index in [9.17, 15) is 10.5 Å². The van der Waals surface area contributed by atoms with E-state index in [0.29, 0.717) is 6.42 Å². The van der Waals surface area contributed by atoms with Crippen molar-refractivity contribution < 1.29 is 0 Å². The van der Waals surface area contributed by atoms with Gasteiger partial charge in [-0.3, -0.25) is 0 Å². The Morgan fingerprint density at radius 1 is 0.720 bits per heavy atom. The number of rotatable bonds is 2. The molecule has 0 amide bonds. The van der Waals surface area contributed by atoms with Crippen molar-refractivity contribution in [1.82, 2.24) is 0 Å². The highest BCUT2D eigenvalue weighted by Crippen LogP contribution is 2.37. The summed E-state index contributed by atoms with van der Waals surface area (Å²) in [5.74, 6) is 0. The highest BCUT2D eigenvalue weighted by atomic mass is 14.9. The summed E-state index contributed by atoms with van der Waals surface area (Å²) in [5, 5.41) is 18.5. The third-order valence-electron chi connectivity index (χ3n) is 4.22. The summed E-state index contributed by atoms with van der Waals surface area (Å²) in [6, 6.07) is 24.1. The van der Waals surface area contributed by atoms with Crippen LogP contribution in [0.15, 0.2) is 87.6 Å². The van der Waals surface area contributed by atoms with Gasteiger partial charge in [0.2, 0.25) is 0 Å². The van der Waals surface area contributed by atoms with Crippen LogP contribution in [-0.4, -0.2) is 11.4 Å². The molecule has 0 saturated heterocycles. The van der Waals surface area contributed by atoms with Crippen LogP contribution in [-0.2, 0) is 0 Å². The first-order valence-corrected chi connectivity index (χ1v) is 7.87. The highest BCUT2D eigenvalue weighted by Gasteiger charge is 2.34. The molecule has 1 saturated carbocycles. The number of nitriles is 2. The predicted molar refractivity (Wildman–Crippen MR) is 96.6 cm³/mol. The van der Waals surface area contributed by atoms with Crippen LogP contribution in [0.25, 0.3) is 5.57 Å². The number of hydrogen-bond acceptors (Lipinski definition) is 4. The van der Waals surface area contributed by atoms with Gasteiger partial charge in [-0.15, -0.1) is 0 Å². The lowest BCUT2D eigenvalue weighted by atomic mass is 9.78. The van der Waals surface area contributed by atoms with Crippen LogP contribution in [0.1, 0.15) is 17.5 Å². The Morgan fingerprint density at radius 3 is 1.56 bits per heavy atom. The SMILES string of the molecule is N#CC1=C(C#N)N=C2CC(=N1)C2=C(c1ccccc1)c1ccccc1. The van der Waals surface area contributed by atoms with Crippen LogP contribution in [0.4, 0.5) is 0 Å². The molecule has 25 heavy (non-hydrogen) atoms. The lowest BCUT2D eigenvalue weighted by Gasteiger charge is -2.26. The Bertz CT molecular complexity index is 973. The fraction of sp³-hybridized carbons (Fsp3) is 0.0476. The second-order valence-corrected chi connectivity index (χ2v) is 5.70. The van der Waals surface area contributed by atoms with Gasteiger partial charge in [-0.2, -0.15) is 10.5 Å². The molecule has 5 rings (SSSR count). The number of fused-ring (bicyclic) bond motifs is 2. The van der Waals surface area contributed by atoms with Crippen molar-refractivity contribution in [3.63, 3.8) is 0 Å².